The average Bonchev–Trinajstić information content (AvgIpc) is 3.29. The van der Waals surface area contributed by atoms with E-state index >= 15 is 0 Å². The number of unbranched alkanes of at least 4 members (excludes halogenated alkanes) is 25. The van der Waals surface area contributed by atoms with E-state index in [4.69, 9.17) is 28.0 Å². The van der Waals surface area contributed by atoms with Crippen molar-refractivity contribution in [3.8, 4) is 0 Å². The molecule has 2 fully saturated rings. The highest BCUT2D eigenvalue weighted by atomic mass is 31.2. The number of aliphatic hydroxyl groups is 8. The molecular weight excluding hydrogens is 867 g/mol. The molecule has 9 N–H and O–H groups in total. The third kappa shape index (κ3) is 25.0. The molecule has 0 bridgehead atoms. The molecule has 65 heavy (non-hydrogen) atoms. The summed E-state index contributed by atoms with van der Waals surface area (Å²) in [7, 11) is -5.23. The molecule has 2 rings (SSSR count). The maximum atomic E-state index is 13.4. The second-order valence-electron chi connectivity index (χ2n) is 18.4. The van der Waals surface area contributed by atoms with Crippen molar-refractivity contribution in [3.05, 3.63) is 0 Å². The fraction of sp³-hybridized carbons (Fsp3) is 0.979. The molecule has 1 saturated heterocycles. The lowest BCUT2D eigenvalue weighted by atomic mass is 9.84. The minimum atomic E-state index is -5.23. The molecule has 0 radical (unpaired) electrons. The highest BCUT2D eigenvalue weighted by Gasteiger charge is 2.55. The molecule has 386 valence electrons. The van der Waals surface area contributed by atoms with Crippen molar-refractivity contribution in [1.82, 2.24) is 0 Å². The molecule has 0 aromatic heterocycles. The van der Waals surface area contributed by atoms with Gasteiger partial charge in [0.15, 0.2) is 6.29 Å². The van der Waals surface area contributed by atoms with Crippen molar-refractivity contribution in [3.63, 3.8) is 0 Å². The Morgan fingerprint density at radius 3 is 1.42 bits per heavy atom. The molecule has 0 aromatic rings. The van der Waals surface area contributed by atoms with Crippen LogP contribution in [0.3, 0.4) is 0 Å². The molecule has 2 aliphatic rings. The average molecular weight is 959 g/mol. The van der Waals surface area contributed by atoms with E-state index < -0.39 is 100 Å². The zero-order valence-electron chi connectivity index (χ0n) is 39.8. The third-order valence-corrected chi connectivity index (χ3v) is 13.6. The number of aliphatic hydroxyl groups excluding tert-OH is 8. The van der Waals surface area contributed by atoms with Gasteiger partial charge in [-0.25, -0.2) is 4.57 Å². The van der Waals surface area contributed by atoms with E-state index in [9.17, 15) is 55.1 Å². The molecule has 0 aromatic carbocycles. The SMILES string of the molecule is CCCCCCCCCCCCCCCCO[C@H](COC(=O)CCCCCCCCCCCCCCC)COP(=O)(O)O[C@@H]1[C@H](O)[C@H](O)[C@@H](O)[C@H](O)[C@H]1O[C@H]1O[C@H](CO)[C@@H](O)[C@H](O)[C@@H]1O. The summed E-state index contributed by atoms with van der Waals surface area (Å²) in [6, 6.07) is 0. The van der Waals surface area contributed by atoms with Crippen LogP contribution in [0.25, 0.3) is 0 Å². The van der Waals surface area contributed by atoms with Crippen LogP contribution in [0.2, 0.25) is 0 Å². The Balaban J connectivity index is 1.91. The van der Waals surface area contributed by atoms with Gasteiger partial charge in [0.25, 0.3) is 0 Å². The van der Waals surface area contributed by atoms with E-state index in [0.717, 1.165) is 38.5 Å². The van der Waals surface area contributed by atoms with Crippen molar-refractivity contribution in [2.24, 2.45) is 0 Å². The van der Waals surface area contributed by atoms with E-state index in [0.29, 0.717) is 12.8 Å². The second kappa shape index (κ2) is 36.1. The highest BCUT2D eigenvalue weighted by Crippen LogP contribution is 2.48. The van der Waals surface area contributed by atoms with Crippen LogP contribution in [0, 0.1) is 0 Å². The zero-order chi connectivity index (χ0) is 47.9. The molecule has 0 amide bonds. The molecule has 1 saturated carbocycles. The monoisotopic (exact) mass is 959 g/mol. The smallest absolute Gasteiger partial charge is 0.463 e. The van der Waals surface area contributed by atoms with Gasteiger partial charge in [-0.3, -0.25) is 13.8 Å². The van der Waals surface area contributed by atoms with Crippen LogP contribution in [0.15, 0.2) is 0 Å². The van der Waals surface area contributed by atoms with Crippen LogP contribution in [0.4, 0.5) is 0 Å². The Hall–Kier alpha value is -0.860. The maximum Gasteiger partial charge on any atom is 0.472 e. The summed E-state index contributed by atoms with van der Waals surface area (Å²) in [4.78, 5) is 23.6. The predicted molar refractivity (Wildman–Crippen MR) is 245 cm³/mol. The summed E-state index contributed by atoms with van der Waals surface area (Å²) in [6.45, 7) is 3.00. The van der Waals surface area contributed by atoms with Gasteiger partial charge in [0.1, 0.15) is 73.8 Å². The van der Waals surface area contributed by atoms with Gasteiger partial charge < -0.3 is 64.7 Å². The van der Waals surface area contributed by atoms with Crippen molar-refractivity contribution in [2.45, 2.75) is 267 Å². The fourth-order valence-corrected chi connectivity index (χ4v) is 9.36. The summed E-state index contributed by atoms with van der Waals surface area (Å²) in [5, 5.41) is 82.9. The lowest BCUT2D eigenvalue weighted by Crippen LogP contribution is -2.67. The Morgan fingerprint density at radius 2 is 0.954 bits per heavy atom. The van der Waals surface area contributed by atoms with Gasteiger partial charge in [-0.05, 0) is 12.8 Å². The van der Waals surface area contributed by atoms with Crippen LogP contribution in [-0.4, -0.2) is 152 Å². The van der Waals surface area contributed by atoms with Crippen molar-refractivity contribution < 1.29 is 83.1 Å². The molecule has 0 spiro atoms. The van der Waals surface area contributed by atoms with Gasteiger partial charge in [-0.15, -0.1) is 0 Å². The number of carbonyl (C=O) groups is 1. The van der Waals surface area contributed by atoms with Crippen LogP contribution in [-0.2, 0) is 37.4 Å². The summed E-state index contributed by atoms with van der Waals surface area (Å²) < 4.78 is 46.2. The normalized spacial score (nSPS) is 28.6. The first-order valence-electron chi connectivity index (χ1n) is 25.4. The molecule has 1 heterocycles. The van der Waals surface area contributed by atoms with Gasteiger partial charge in [0.2, 0.25) is 0 Å². The van der Waals surface area contributed by atoms with Gasteiger partial charge in [0, 0.05) is 13.0 Å². The first-order valence-corrected chi connectivity index (χ1v) is 26.9. The van der Waals surface area contributed by atoms with Crippen molar-refractivity contribution in [1.29, 1.82) is 0 Å². The topological polar surface area (TPSA) is 272 Å². The van der Waals surface area contributed by atoms with Crippen molar-refractivity contribution >= 4 is 13.8 Å². The molecular formula is C47H91O17P. The Labute approximate surface area is 389 Å². The second-order valence-corrected chi connectivity index (χ2v) is 19.8. The Bertz CT molecular complexity index is 1220. The van der Waals surface area contributed by atoms with Crippen LogP contribution in [0.1, 0.15) is 194 Å². The number of phosphoric ester groups is 1. The third-order valence-electron chi connectivity index (χ3n) is 12.6. The van der Waals surface area contributed by atoms with Gasteiger partial charge in [0.05, 0.1) is 13.2 Å². The number of hydrogen-bond donors (Lipinski definition) is 9. The largest absolute Gasteiger partial charge is 0.472 e. The highest BCUT2D eigenvalue weighted by molar-refractivity contribution is 7.47. The Kier molecular flexibility index (Phi) is 33.5. The first-order chi connectivity index (χ1) is 31.3. The number of phosphoric acid groups is 1. The van der Waals surface area contributed by atoms with E-state index in [-0.39, 0.29) is 19.6 Å². The zero-order valence-corrected chi connectivity index (χ0v) is 40.7. The molecule has 1 aliphatic carbocycles. The number of hydrogen-bond acceptors (Lipinski definition) is 16. The summed E-state index contributed by atoms with van der Waals surface area (Å²) in [6.07, 6.45) is 9.46. The minimum Gasteiger partial charge on any atom is -0.463 e. The van der Waals surface area contributed by atoms with Gasteiger partial charge in [-0.1, -0.05) is 174 Å². The molecule has 1 unspecified atom stereocenters. The van der Waals surface area contributed by atoms with Crippen molar-refractivity contribution in [2.75, 3.05) is 26.4 Å². The standard InChI is InChI=1S/C47H91O17P/c1-3-5-7-9-11-13-15-17-19-21-23-25-27-29-31-59-35(33-60-37(49)30-28-26-24-22-20-18-16-14-12-10-8-6-4-2)34-61-65(57,58)64-46-43(55)41(53)40(52)42(54)45(46)63-47-44(56)39(51)38(50)36(32-48)62-47/h35-36,38-48,50-56H,3-34H2,1-2H3,(H,57,58)/t35-,36-,38-,39+,40-,41-,42+,43-,44+,45-,46-,47-/m1/s1. The first kappa shape index (κ1) is 60.3. The molecule has 17 nitrogen and oxygen atoms in total. The number of esters is 1. The molecule has 1 aliphatic heterocycles. The quantitative estimate of drug-likeness (QED) is 0.0193. The summed E-state index contributed by atoms with van der Waals surface area (Å²) in [5.74, 6) is -0.443. The number of carbonyl (C=O) groups excluding carboxylic acids is 1. The minimum absolute atomic E-state index is 0.206. The number of ether oxygens (including phenoxy) is 4. The van der Waals surface area contributed by atoms with Crippen LogP contribution >= 0.6 is 7.82 Å². The summed E-state index contributed by atoms with van der Waals surface area (Å²) >= 11 is 0. The molecule has 13 atom stereocenters. The Morgan fingerprint density at radius 1 is 0.538 bits per heavy atom. The maximum absolute atomic E-state index is 13.4. The fourth-order valence-electron chi connectivity index (χ4n) is 8.39. The lowest BCUT2D eigenvalue weighted by molar-refractivity contribution is -0.338. The number of rotatable bonds is 40. The summed E-state index contributed by atoms with van der Waals surface area (Å²) in [5.41, 5.74) is 0. The van der Waals surface area contributed by atoms with E-state index in [2.05, 4.69) is 13.8 Å². The molecule has 18 heteroatoms. The van der Waals surface area contributed by atoms with E-state index in [1.807, 2.05) is 0 Å². The lowest BCUT2D eigenvalue weighted by Gasteiger charge is -2.47. The van der Waals surface area contributed by atoms with Crippen LogP contribution < -0.4 is 0 Å². The van der Waals surface area contributed by atoms with Gasteiger partial charge in [-0.2, -0.15) is 0 Å². The van der Waals surface area contributed by atoms with E-state index in [1.165, 1.54) is 122 Å². The van der Waals surface area contributed by atoms with E-state index in [1.54, 1.807) is 0 Å². The van der Waals surface area contributed by atoms with Crippen LogP contribution in [0.5, 0.6) is 0 Å². The predicted octanol–water partition coefficient (Wildman–Crippen LogP) is 6.02. The van der Waals surface area contributed by atoms with Gasteiger partial charge >= 0.3 is 13.8 Å².